The van der Waals surface area contributed by atoms with E-state index in [1.165, 1.54) is 7.11 Å². The molecule has 0 aliphatic carbocycles. The van der Waals surface area contributed by atoms with E-state index in [0.717, 1.165) is 0 Å². The Kier molecular flexibility index (Phi) is 3.25. The number of methoxy groups -OCH3 is 1. The molecule has 0 bridgehead atoms. The van der Waals surface area contributed by atoms with Crippen LogP contribution in [0.2, 0.25) is 0 Å². The zero-order valence-corrected chi connectivity index (χ0v) is 7.45. The van der Waals surface area contributed by atoms with Crippen LogP contribution < -0.4 is 5.32 Å². The minimum atomic E-state index is -1.13. The molecule has 0 radical (unpaired) electrons. The molecular formula is C8H13NO4. The minimum absolute atomic E-state index is 0.0259. The summed E-state index contributed by atoms with van der Waals surface area (Å²) in [6.07, 6.45) is 0.248. The topological polar surface area (TPSA) is 75.6 Å². The molecule has 0 aromatic heterocycles. The Labute approximate surface area is 76.1 Å². The largest absolute Gasteiger partial charge is 0.467 e. The Morgan fingerprint density at radius 3 is 3.00 bits per heavy atom. The van der Waals surface area contributed by atoms with Gasteiger partial charge in [0.05, 0.1) is 7.11 Å². The summed E-state index contributed by atoms with van der Waals surface area (Å²) >= 11 is 0. The van der Waals surface area contributed by atoms with Gasteiger partial charge in [-0.05, 0) is 6.42 Å². The summed E-state index contributed by atoms with van der Waals surface area (Å²) in [5, 5.41) is 11.9. The number of carbonyl (C=O) groups is 2. The van der Waals surface area contributed by atoms with E-state index in [2.05, 4.69) is 10.1 Å². The minimum Gasteiger partial charge on any atom is -0.467 e. The molecule has 5 nitrogen and oxygen atoms in total. The maximum Gasteiger partial charge on any atom is 0.334 e. The molecule has 0 aromatic carbocycles. The molecule has 0 aromatic rings. The van der Waals surface area contributed by atoms with Gasteiger partial charge >= 0.3 is 5.97 Å². The second kappa shape index (κ2) is 4.23. The van der Waals surface area contributed by atoms with Gasteiger partial charge in [-0.3, -0.25) is 4.79 Å². The zero-order valence-electron chi connectivity index (χ0n) is 7.45. The summed E-state index contributed by atoms with van der Waals surface area (Å²) in [5.74, 6) is -0.678. The number of hydrogen-bond donors (Lipinski definition) is 2. The molecule has 1 fully saturated rings. The number of aliphatic hydroxyl groups is 1. The van der Waals surface area contributed by atoms with E-state index in [1.807, 2.05) is 0 Å². The van der Waals surface area contributed by atoms with Crippen molar-refractivity contribution in [2.75, 3.05) is 7.11 Å². The Hall–Kier alpha value is -1.10. The van der Waals surface area contributed by atoms with E-state index < -0.39 is 12.1 Å². The molecule has 1 saturated heterocycles. The lowest BCUT2D eigenvalue weighted by Gasteiger charge is -2.13. The molecule has 2 N–H and O–H groups in total. The van der Waals surface area contributed by atoms with Gasteiger partial charge in [-0.15, -0.1) is 0 Å². The van der Waals surface area contributed by atoms with Gasteiger partial charge in [0.2, 0.25) is 5.91 Å². The smallest absolute Gasteiger partial charge is 0.334 e. The summed E-state index contributed by atoms with van der Waals surface area (Å²) in [5.41, 5.74) is 0. The number of nitrogens with one attached hydrogen (secondary N) is 1. The molecule has 1 rings (SSSR count). The summed E-state index contributed by atoms with van der Waals surface area (Å²) in [6.45, 7) is 0. The van der Waals surface area contributed by atoms with E-state index >= 15 is 0 Å². The zero-order chi connectivity index (χ0) is 9.84. The van der Waals surface area contributed by atoms with Crippen LogP contribution in [0, 0.1) is 0 Å². The highest BCUT2D eigenvalue weighted by Crippen LogP contribution is 2.12. The Balaban J connectivity index is 2.32. The Morgan fingerprint density at radius 1 is 1.85 bits per heavy atom. The van der Waals surface area contributed by atoms with Crippen LogP contribution in [0.4, 0.5) is 0 Å². The van der Waals surface area contributed by atoms with Crippen molar-refractivity contribution in [2.24, 2.45) is 0 Å². The highest BCUT2D eigenvalue weighted by atomic mass is 16.5. The number of esters is 1. The molecule has 13 heavy (non-hydrogen) atoms. The van der Waals surface area contributed by atoms with Crippen LogP contribution in [-0.2, 0) is 14.3 Å². The fraction of sp³-hybridized carbons (Fsp3) is 0.750. The van der Waals surface area contributed by atoms with Gasteiger partial charge in [-0.25, -0.2) is 4.79 Å². The van der Waals surface area contributed by atoms with Gasteiger partial charge in [-0.2, -0.15) is 0 Å². The fourth-order valence-corrected chi connectivity index (χ4v) is 1.36. The van der Waals surface area contributed by atoms with Gasteiger partial charge in [0, 0.05) is 18.9 Å². The molecule has 0 saturated carbocycles. The summed E-state index contributed by atoms with van der Waals surface area (Å²) in [6, 6.07) is -0.0957. The average Bonchev–Trinajstić information content (AvgIpc) is 2.49. The first-order valence-electron chi connectivity index (χ1n) is 4.18. The third kappa shape index (κ3) is 2.69. The van der Waals surface area contributed by atoms with E-state index in [9.17, 15) is 14.7 Å². The highest BCUT2D eigenvalue weighted by molar-refractivity contribution is 5.79. The number of aliphatic hydroxyl groups excluding tert-OH is 1. The van der Waals surface area contributed by atoms with Gasteiger partial charge in [0.1, 0.15) is 0 Å². The summed E-state index contributed by atoms with van der Waals surface area (Å²) in [7, 11) is 1.22. The van der Waals surface area contributed by atoms with Crippen LogP contribution >= 0.6 is 0 Å². The normalized spacial score (nSPS) is 23.8. The lowest BCUT2D eigenvalue weighted by atomic mass is 10.1. The number of amides is 1. The van der Waals surface area contributed by atoms with Gasteiger partial charge < -0.3 is 15.2 Å². The standard InChI is InChI=1S/C8H13NO4/c1-13-8(12)6(10)4-5-2-3-7(11)9-5/h5-6,10H,2-4H2,1H3,(H,9,11). The van der Waals surface area contributed by atoms with Crippen molar-refractivity contribution in [2.45, 2.75) is 31.4 Å². The molecule has 2 unspecified atom stereocenters. The molecule has 5 heteroatoms. The van der Waals surface area contributed by atoms with Crippen LogP contribution in [0.1, 0.15) is 19.3 Å². The highest BCUT2D eigenvalue weighted by Gasteiger charge is 2.26. The molecule has 1 amide bonds. The van der Waals surface area contributed by atoms with Crippen LogP contribution in [-0.4, -0.2) is 36.2 Å². The van der Waals surface area contributed by atoms with Crippen LogP contribution in [0.5, 0.6) is 0 Å². The Morgan fingerprint density at radius 2 is 2.54 bits per heavy atom. The number of ether oxygens (including phenoxy) is 1. The lowest BCUT2D eigenvalue weighted by Crippen LogP contribution is -2.33. The van der Waals surface area contributed by atoms with Gasteiger partial charge in [0.25, 0.3) is 0 Å². The van der Waals surface area contributed by atoms with Crippen molar-refractivity contribution in [1.29, 1.82) is 0 Å². The van der Waals surface area contributed by atoms with Crippen molar-refractivity contribution < 1.29 is 19.4 Å². The molecule has 1 heterocycles. The molecule has 2 atom stereocenters. The second-order valence-electron chi connectivity index (χ2n) is 3.08. The third-order valence-electron chi connectivity index (χ3n) is 2.07. The van der Waals surface area contributed by atoms with E-state index in [1.54, 1.807) is 0 Å². The van der Waals surface area contributed by atoms with Crippen molar-refractivity contribution in [1.82, 2.24) is 5.32 Å². The maximum absolute atomic E-state index is 10.8. The SMILES string of the molecule is COC(=O)C(O)CC1CCC(=O)N1. The van der Waals surface area contributed by atoms with E-state index in [4.69, 9.17) is 0 Å². The first-order chi connectivity index (χ1) is 6.13. The lowest BCUT2D eigenvalue weighted by molar-refractivity contribution is -0.151. The number of hydrogen-bond acceptors (Lipinski definition) is 4. The van der Waals surface area contributed by atoms with E-state index in [0.29, 0.717) is 12.8 Å². The first kappa shape index (κ1) is 9.98. The molecule has 1 aliphatic rings. The summed E-state index contributed by atoms with van der Waals surface area (Å²) < 4.78 is 4.35. The predicted octanol–water partition coefficient (Wildman–Crippen LogP) is -0.811. The average molecular weight is 187 g/mol. The molecule has 0 spiro atoms. The fourth-order valence-electron chi connectivity index (χ4n) is 1.36. The van der Waals surface area contributed by atoms with Crippen molar-refractivity contribution in [3.63, 3.8) is 0 Å². The predicted molar refractivity (Wildman–Crippen MR) is 43.8 cm³/mol. The Bertz CT molecular complexity index is 216. The quantitative estimate of drug-likeness (QED) is 0.566. The first-order valence-corrected chi connectivity index (χ1v) is 4.18. The molecule has 1 aliphatic heterocycles. The van der Waals surface area contributed by atoms with Gasteiger partial charge in [-0.1, -0.05) is 0 Å². The van der Waals surface area contributed by atoms with Crippen molar-refractivity contribution in [3.8, 4) is 0 Å². The second-order valence-corrected chi connectivity index (χ2v) is 3.08. The number of carbonyl (C=O) groups excluding carboxylic acids is 2. The van der Waals surface area contributed by atoms with Crippen LogP contribution in [0.3, 0.4) is 0 Å². The van der Waals surface area contributed by atoms with E-state index in [-0.39, 0.29) is 18.4 Å². The third-order valence-corrected chi connectivity index (χ3v) is 2.07. The summed E-state index contributed by atoms with van der Waals surface area (Å²) in [4.78, 5) is 21.6. The maximum atomic E-state index is 10.8. The number of rotatable bonds is 3. The molecular weight excluding hydrogens is 174 g/mol. The van der Waals surface area contributed by atoms with Crippen LogP contribution in [0.25, 0.3) is 0 Å². The van der Waals surface area contributed by atoms with Crippen LogP contribution in [0.15, 0.2) is 0 Å². The van der Waals surface area contributed by atoms with Crippen molar-refractivity contribution >= 4 is 11.9 Å². The van der Waals surface area contributed by atoms with Crippen molar-refractivity contribution in [3.05, 3.63) is 0 Å². The molecule has 74 valence electrons. The van der Waals surface area contributed by atoms with Gasteiger partial charge in [0.15, 0.2) is 6.10 Å². The monoisotopic (exact) mass is 187 g/mol.